The van der Waals surface area contributed by atoms with E-state index in [1.54, 1.807) is 0 Å². The largest absolute Gasteiger partial charge is 0.314 e. The predicted octanol–water partition coefficient (Wildman–Crippen LogP) is 3.43. The summed E-state index contributed by atoms with van der Waals surface area (Å²) in [5.41, 5.74) is 1.40. The molecule has 1 aromatic rings. The lowest BCUT2D eigenvalue weighted by Crippen LogP contribution is -2.31. The molecule has 1 heterocycles. The van der Waals surface area contributed by atoms with E-state index in [4.69, 9.17) is 0 Å². The van der Waals surface area contributed by atoms with E-state index in [1.807, 2.05) is 12.4 Å². The average Bonchev–Trinajstić information content (AvgIpc) is 2.37. The number of aryl methyl sites for hydroxylation is 1. The summed E-state index contributed by atoms with van der Waals surface area (Å²) in [5, 5.41) is 3.60. The van der Waals surface area contributed by atoms with Crippen LogP contribution in [0.2, 0.25) is 0 Å². The van der Waals surface area contributed by atoms with Gasteiger partial charge in [-0.05, 0) is 49.4 Å². The van der Waals surface area contributed by atoms with Crippen molar-refractivity contribution < 1.29 is 0 Å². The Bertz CT molecular complexity index is 284. The molecule has 2 nitrogen and oxygen atoms in total. The van der Waals surface area contributed by atoms with Crippen LogP contribution in [0, 0.1) is 5.92 Å². The second-order valence-electron chi connectivity index (χ2n) is 4.90. The Morgan fingerprint density at radius 1 is 1.24 bits per heavy atom. The Morgan fingerprint density at radius 2 is 1.94 bits per heavy atom. The van der Waals surface area contributed by atoms with Crippen LogP contribution in [0.25, 0.3) is 0 Å². The van der Waals surface area contributed by atoms with Gasteiger partial charge in [0.2, 0.25) is 0 Å². The zero-order valence-corrected chi connectivity index (χ0v) is 11.4. The molecule has 0 amide bonds. The summed E-state index contributed by atoms with van der Waals surface area (Å²) in [7, 11) is 0. The van der Waals surface area contributed by atoms with E-state index >= 15 is 0 Å². The van der Waals surface area contributed by atoms with Crippen molar-refractivity contribution in [2.75, 3.05) is 6.54 Å². The van der Waals surface area contributed by atoms with E-state index in [0.717, 1.165) is 18.9 Å². The van der Waals surface area contributed by atoms with E-state index in [0.29, 0.717) is 6.04 Å². The maximum absolute atomic E-state index is 4.05. The molecule has 0 spiro atoms. The van der Waals surface area contributed by atoms with Crippen molar-refractivity contribution in [3.8, 4) is 0 Å². The van der Waals surface area contributed by atoms with Crippen LogP contribution in [-0.2, 0) is 6.42 Å². The van der Waals surface area contributed by atoms with Crippen molar-refractivity contribution in [2.45, 2.75) is 52.5 Å². The first-order chi connectivity index (χ1) is 8.26. The lowest BCUT2D eigenvalue weighted by Gasteiger charge is -2.21. The van der Waals surface area contributed by atoms with Gasteiger partial charge in [-0.15, -0.1) is 0 Å². The molecular weight excluding hydrogens is 208 g/mol. The van der Waals surface area contributed by atoms with Crippen LogP contribution in [0.5, 0.6) is 0 Å². The van der Waals surface area contributed by atoms with E-state index < -0.39 is 0 Å². The van der Waals surface area contributed by atoms with Crippen LogP contribution in [0.15, 0.2) is 24.5 Å². The molecule has 1 N–H and O–H groups in total. The van der Waals surface area contributed by atoms with Crippen molar-refractivity contribution in [2.24, 2.45) is 5.92 Å². The lowest BCUT2D eigenvalue weighted by atomic mass is 9.95. The van der Waals surface area contributed by atoms with Gasteiger partial charge < -0.3 is 5.32 Å². The monoisotopic (exact) mass is 234 g/mol. The van der Waals surface area contributed by atoms with Crippen molar-refractivity contribution in [3.63, 3.8) is 0 Å². The molecular formula is C15H26N2. The third-order valence-corrected chi connectivity index (χ3v) is 3.41. The highest BCUT2D eigenvalue weighted by atomic mass is 14.9. The Morgan fingerprint density at radius 3 is 2.53 bits per heavy atom. The minimum Gasteiger partial charge on any atom is -0.314 e. The average molecular weight is 234 g/mol. The van der Waals surface area contributed by atoms with Crippen LogP contribution in [0.1, 0.15) is 45.6 Å². The fourth-order valence-corrected chi connectivity index (χ4v) is 2.13. The van der Waals surface area contributed by atoms with Crippen LogP contribution in [0.4, 0.5) is 0 Å². The van der Waals surface area contributed by atoms with E-state index in [2.05, 4.69) is 43.2 Å². The first kappa shape index (κ1) is 14.2. The summed E-state index contributed by atoms with van der Waals surface area (Å²) in [6.07, 6.45) is 8.70. The molecule has 17 heavy (non-hydrogen) atoms. The highest BCUT2D eigenvalue weighted by Crippen LogP contribution is 2.14. The van der Waals surface area contributed by atoms with Gasteiger partial charge in [-0.1, -0.05) is 27.2 Å². The summed E-state index contributed by atoms with van der Waals surface area (Å²) in [5.74, 6) is 0.816. The molecule has 2 unspecified atom stereocenters. The molecule has 0 saturated heterocycles. The summed E-state index contributed by atoms with van der Waals surface area (Å²) in [4.78, 5) is 4.05. The minimum atomic E-state index is 0.656. The van der Waals surface area contributed by atoms with Gasteiger partial charge in [-0.25, -0.2) is 0 Å². The van der Waals surface area contributed by atoms with Gasteiger partial charge in [0, 0.05) is 18.4 Å². The molecule has 0 radical (unpaired) electrons. The number of hydrogen-bond acceptors (Lipinski definition) is 2. The van der Waals surface area contributed by atoms with Gasteiger partial charge in [0.1, 0.15) is 0 Å². The number of rotatable bonds is 8. The molecule has 0 saturated carbocycles. The topological polar surface area (TPSA) is 24.9 Å². The van der Waals surface area contributed by atoms with E-state index in [9.17, 15) is 0 Å². The second kappa shape index (κ2) is 8.24. The number of hydrogen-bond donors (Lipinski definition) is 1. The van der Waals surface area contributed by atoms with Gasteiger partial charge >= 0.3 is 0 Å². The molecule has 0 bridgehead atoms. The summed E-state index contributed by atoms with van der Waals surface area (Å²) >= 11 is 0. The maximum atomic E-state index is 4.05. The Labute approximate surface area is 106 Å². The molecule has 0 aliphatic rings. The van der Waals surface area contributed by atoms with Gasteiger partial charge in [0.25, 0.3) is 0 Å². The third kappa shape index (κ3) is 5.83. The summed E-state index contributed by atoms with van der Waals surface area (Å²) in [6, 6.07) is 4.89. The molecule has 0 fully saturated rings. The molecule has 0 aromatic carbocycles. The van der Waals surface area contributed by atoms with E-state index in [-0.39, 0.29) is 0 Å². The highest BCUT2D eigenvalue weighted by Gasteiger charge is 2.11. The zero-order valence-electron chi connectivity index (χ0n) is 11.4. The molecule has 2 heteroatoms. The van der Waals surface area contributed by atoms with Crippen LogP contribution in [-0.4, -0.2) is 17.6 Å². The van der Waals surface area contributed by atoms with Crippen molar-refractivity contribution >= 4 is 0 Å². The van der Waals surface area contributed by atoms with Crippen molar-refractivity contribution in [3.05, 3.63) is 30.1 Å². The minimum absolute atomic E-state index is 0.656. The normalized spacial score (nSPS) is 14.5. The quantitative estimate of drug-likeness (QED) is 0.745. The van der Waals surface area contributed by atoms with Crippen LogP contribution in [0.3, 0.4) is 0 Å². The van der Waals surface area contributed by atoms with Crippen LogP contribution < -0.4 is 5.32 Å². The number of nitrogens with zero attached hydrogens (tertiary/aromatic N) is 1. The summed E-state index contributed by atoms with van der Waals surface area (Å²) < 4.78 is 0. The number of pyridine rings is 1. The van der Waals surface area contributed by atoms with Crippen molar-refractivity contribution in [1.29, 1.82) is 0 Å². The number of aromatic nitrogens is 1. The smallest absolute Gasteiger partial charge is 0.0270 e. The molecule has 96 valence electrons. The Kier molecular flexibility index (Phi) is 6.87. The third-order valence-electron chi connectivity index (χ3n) is 3.41. The first-order valence-corrected chi connectivity index (χ1v) is 6.88. The maximum Gasteiger partial charge on any atom is 0.0270 e. The van der Waals surface area contributed by atoms with Crippen molar-refractivity contribution in [1.82, 2.24) is 10.3 Å². The van der Waals surface area contributed by atoms with Gasteiger partial charge in [-0.2, -0.15) is 0 Å². The molecule has 1 aromatic heterocycles. The SMILES string of the molecule is CCNC(CCc1ccncc1)CC(C)CC. The highest BCUT2D eigenvalue weighted by molar-refractivity contribution is 5.09. The predicted molar refractivity (Wildman–Crippen MR) is 74.1 cm³/mol. The Balaban J connectivity index is 2.38. The number of nitrogens with one attached hydrogen (secondary N) is 1. The zero-order chi connectivity index (χ0) is 12.5. The van der Waals surface area contributed by atoms with Gasteiger partial charge in [0.15, 0.2) is 0 Å². The standard InChI is InChI=1S/C15H26N2/c1-4-13(3)12-15(17-5-2)7-6-14-8-10-16-11-9-14/h8-11,13,15,17H,4-7,12H2,1-3H3. The van der Waals surface area contributed by atoms with Gasteiger partial charge in [-0.3, -0.25) is 4.98 Å². The van der Waals surface area contributed by atoms with E-state index in [1.165, 1.54) is 24.8 Å². The fourth-order valence-electron chi connectivity index (χ4n) is 2.13. The lowest BCUT2D eigenvalue weighted by molar-refractivity contribution is 0.382. The van der Waals surface area contributed by atoms with Gasteiger partial charge in [0.05, 0.1) is 0 Å². The second-order valence-corrected chi connectivity index (χ2v) is 4.90. The summed E-state index contributed by atoms with van der Waals surface area (Å²) in [6.45, 7) is 7.88. The van der Waals surface area contributed by atoms with Crippen LogP contribution >= 0.6 is 0 Å². The molecule has 0 aliphatic carbocycles. The molecule has 2 atom stereocenters. The first-order valence-electron chi connectivity index (χ1n) is 6.88. The molecule has 1 rings (SSSR count). The fraction of sp³-hybridized carbons (Fsp3) is 0.667. The Hall–Kier alpha value is -0.890. The molecule has 0 aliphatic heterocycles.